The third-order valence-electron chi connectivity index (χ3n) is 5.97. The van der Waals surface area contributed by atoms with Gasteiger partial charge in [-0.3, -0.25) is 0 Å². The summed E-state index contributed by atoms with van der Waals surface area (Å²) in [5.41, 5.74) is 12.6. The average molecular weight is 355 g/mol. The lowest BCUT2D eigenvalue weighted by atomic mass is 9.92. The van der Waals surface area contributed by atoms with Gasteiger partial charge in [-0.2, -0.15) is 0 Å². The second-order valence-electron chi connectivity index (χ2n) is 7.50. The smallest absolute Gasteiger partial charge is 0.0619 e. The Bertz CT molecular complexity index is 1140. The van der Waals surface area contributed by atoms with Gasteiger partial charge in [0.25, 0.3) is 0 Å². The van der Waals surface area contributed by atoms with Crippen LogP contribution in [0, 0.1) is 0 Å². The van der Waals surface area contributed by atoms with Gasteiger partial charge >= 0.3 is 0 Å². The van der Waals surface area contributed by atoms with Crippen LogP contribution in [0.2, 0.25) is 0 Å². The molecule has 6 rings (SSSR count). The number of benzene rings is 4. The van der Waals surface area contributed by atoms with Crippen molar-refractivity contribution in [2.24, 2.45) is 0 Å². The molecular formula is C28H19+. The van der Waals surface area contributed by atoms with E-state index in [1.807, 2.05) is 0 Å². The van der Waals surface area contributed by atoms with Crippen LogP contribution in [0.4, 0.5) is 0 Å². The monoisotopic (exact) mass is 355 g/mol. The number of hydrogen-bond donors (Lipinski definition) is 0. The van der Waals surface area contributed by atoms with Gasteiger partial charge in [0.15, 0.2) is 0 Å². The van der Waals surface area contributed by atoms with Crippen LogP contribution in [-0.2, 0) is 0 Å². The van der Waals surface area contributed by atoms with E-state index in [-0.39, 0.29) is 0 Å². The minimum absolute atomic E-state index is 0.317. The van der Waals surface area contributed by atoms with Crippen molar-refractivity contribution in [2.45, 2.75) is 5.92 Å². The molecule has 0 heteroatoms. The summed E-state index contributed by atoms with van der Waals surface area (Å²) in [6.07, 6.45) is 0. The molecule has 0 aromatic heterocycles. The molecule has 0 spiro atoms. The van der Waals surface area contributed by atoms with E-state index >= 15 is 0 Å². The average Bonchev–Trinajstić information content (AvgIpc) is 3.42. The van der Waals surface area contributed by atoms with Crippen LogP contribution < -0.4 is 0 Å². The van der Waals surface area contributed by atoms with Crippen molar-refractivity contribution in [2.75, 3.05) is 0 Å². The zero-order chi connectivity index (χ0) is 18.5. The van der Waals surface area contributed by atoms with Crippen molar-refractivity contribution in [1.82, 2.24) is 0 Å². The van der Waals surface area contributed by atoms with Crippen LogP contribution in [0.3, 0.4) is 0 Å². The predicted molar refractivity (Wildman–Crippen MR) is 117 cm³/mol. The van der Waals surface area contributed by atoms with Gasteiger partial charge in [0.05, 0.1) is 22.6 Å². The molecule has 0 nitrogen and oxygen atoms in total. The van der Waals surface area contributed by atoms with E-state index in [1.54, 1.807) is 0 Å². The van der Waals surface area contributed by atoms with Crippen molar-refractivity contribution in [3.63, 3.8) is 0 Å². The fourth-order valence-electron chi connectivity index (χ4n) is 4.77. The highest BCUT2D eigenvalue weighted by Crippen LogP contribution is 2.59. The molecule has 0 saturated heterocycles. The van der Waals surface area contributed by atoms with E-state index in [2.05, 4.69) is 109 Å². The van der Waals surface area contributed by atoms with Crippen molar-refractivity contribution < 1.29 is 0 Å². The van der Waals surface area contributed by atoms with Crippen LogP contribution >= 0.6 is 0 Å². The molecule has 5 aromatic rings. The van der Waals surface area contributed by atoms with Gasteiger partial charge < -0.3 is 0 Å². The summed E-state index contributed by atoms with van der Waals surface area (Å²) < 4.78 is 0. The topological polar surface area (TPSA) is 0 Å². The van der Waals surface area contributed by atoms with Gasteiger partial charge in [-0.15, -0.1) is 0 Å². The Morgan fingerprint density at radius 3 is 1.61 bits per heavy atom. The molecule has 0 unspecified atom stereocenters. The summed E-state index contributed by atoms with van der Waals surface area (Å²) in [4.78, 5) is 0. The van der Waals surface area contributed by atoms with Crippen LogP contribution in [0.1, 0.15) is 22.6 Å². The Kier molecular flexibility index (Phi) is 3.33. The first kappa shape index (κ1) is 15.5. The van der Waals surface area contributed by atoms with Gasteiger partial charge in [-0.05, 0) is 64.7 Å². The summed E-state index contributed by atoms with van der Waals surface area (Å²) in [5, 5.41) is 0. The maximum absolute atomic E-state index is 2.30. The maximum Gasteiger partial charge on any atom is 0.129 e. The lowest BCUT2D eigenvalue weighted by molar-refractivity contribution is 1.05. The van der Waals surface area contributed by atoms with Crippen LogP contribution in [0.25, 0.3) is 33.4 Å². The van der Waals surface area contributed by atoms with Crippen molar-refractivity contribution in [1.29, 1.82) is 0 Å². The van der Waals surface area contributed by atoms with Gasteiger partial charge in [0, 0.05) is 0 Å². The first-order valence-corrected chi connectivity index (χ1v) is 9.84. The molecule has 0 heterocycles. The summed E-state index contributed by atoms with van der Waals surface area (Å²) in [6.45, 7) is 0. The minimum Gasteiger partial charge on any atom is -0.0619 e. The summed E-state index contributed by atoms with van der Waals surface area (Å²) >= 11 is 0. The molecule has 0 fully saturated rings. The Morgan fingerprint density at radius 2 is 1.00 bits per heavy atom. The van der Waals surface area contributed by atoms with Gasteiger partial charge in [-0.25, -0.2) is 0 Å². The van der Waals surface area contributed by atoms with Crippen LogP contribution in [0.15, 0.2) is 109 Å². The standard InChI is InChI=1S/C28H19/c1-3-11-19(12-4-1)25-26(20-13-5-2-6-14-20)28(25)27-23-17-9-7-15-21(23)22-16-8-10-18-24(22)27/h1-18,27H/q+1. The second kappa shape index (κ2) is 6.00. The lowest BCUT2D eigenvalue weighted by Gasteiger charge is -2.06. The van der Waals surface area contributed by atoms with Crippen LogP contribution in [0.5, 0.6) is 0 Å². The van der Waals surface area contributed by atoms with Crippen molar-refractivity contribution in [3.05, 3.63) is 126 Å². The molecule has 0 atom stereocenters. The van der Waals surface area contributed by atoms with Crippen LogP contribution in [-0.4, -0.2) is 0 Å². The largest absolute Gasteiger partial charge is 0.129 e. The van der Waals surface area contributed by atoms with E-state index in [0.29, 0.717) is 5.92 Å². The van der Waals surface area contributed by atoms with Gasteiger partial charge in [0.2, 0.25) is 0 Å². The maximum atomic E-state index is 2.30. The number of fused-ring (bicyclic) bond motifs is 3. The minimum atomic E-state index is 0.317. The quantitative estimate of drug-likeness (QED) is 0.291. The molecule has 1 aliphatic carbocycles. The molecule has 130 valence electrons. The Morgan fingerprint density at radius 1 is 0.500 bits per heavy atom. The summed E-state index contributed by atoms with van der Waals surface area (Å²) in [7, 11) is 0. The highest BCUT2D eigenvalue weighted by molar-refractivity contribution is 6.03. The van der Waals surface area contributed by atoms with E-state index in [1.165, 1.54) is 50.1 Å². The fraction of sp³-hybridized carbons (Fsp3) is 0.0357. The molecule has 28 heavy (non-hydrogen) atoms. The third-order valence-corrected chi connectivity index (χ3v) is 5.97. The molecule has 0 amide bonds. The summed E-state index contributed by atoms with van der Waals surface area (Å²) in [5.74, 6) is 0.317. The molecule has 0 saturated carbocycles. The van der Waals surface area contributed by atoms with Crippen molar-refractivity contribution in [3.8, 4) is 33.4 Å². The Labute approximate surface area is 165 Å². The molecule has 0 N–H and O–H groups in total. The molecular weight excluding hydrogens is 336 g/mol. The normalized spacial score (nSPS) is 12.9. The SMILES string of the molecule is c1ccc(-c2c(C3c4ccccc4-c4ccccc43)[c+]2-c2ccccc2)cc1. The summed E-state index contributed by atoms with van der Waals surface area (Å²) in [6, 6.07) is 39.4. The molecule has 5 aromatic carbocycles. The van der Waals surface area contributed by atoms with Crippen molar-refractivity contribution >= 4 is 0 Å². The number of hydrogen-bond acceptors (Lipinski definition) is 0. The van der Waals surface area contributed by atoms with E-state index in [0.717, 1.165) is 0 Å². The highest BCUT2D eigenvalue weighted by atomic mass is 14.4. The van der Waals surface area contributed by atoms with Gasteiger partial charge in [0.1, 0.15) is 11.1 Å². The first-order chi connectivity index (χ1) is 13.9. The number of rotatable bonds is 3. The zero-order valence-electron chi connectivity index (χ0n) is 15.5. The second-order valence-corrected chi connectivity index (χ2v) is 7.50. The predicted octanol–water partition coefficient (Wildman–Crippen LogP) is 7.34. The third kappa shape index (κ3) is 2.21. The highest BCUT2D eigenvalue weighted by Gasteiger charge is 2.46. The molecule has 0 bridgehead atoms. The fourth-order valence-corrected chi connectivity index (χ4v) is 4.77. The Balaban J connectivity index is 1.60. The van der Waals surface area contributed by atoms with E-state index in [4.69, 9.17) is 0 Å². The zero-order valence-corrected chi connectivity index (χ0v) is 15.5. The molecule has 1 aliphatic rings. The molecule has 0 aliphatic heterocycles. The van der Waals surface area contributed by atoms with Gasteiger partial charge in [-0.1, -0.05) is 66.7 Å². The lowest BCUT2D eigenvalue weighted by Crippen LogP contribution is -1.94. The Hall–Kier alpha value is -3.51. The van der Waals surface area contributed by atoms with E-state index in [9.17, 15) is 0 Å². The first-order valence-electron chi connectivity index (χ1n) is 9.84. The molecule has 0 radical (unpaired) electrons. The van der Waals surface area contributed by atoms with E-state index < -0.39 is 0 Å².